The van der Waals surface area contributed by atoms with Gasteiger partial charge in [-0.25, -0.2) is 0 Å². The van der Waals surface area contributed by atoms with Crippen LogP contribution in [0, 0.1) is 0 Å². The summed E-state index contributed by atoms with van der Waals surface area (Å²) < 4.78 is 4.68. The summed E-state index contributed by atoms with van der Waals surface area (Å²) >= 11 is 1.58. The molecule has 2 aromatic carbocycles. The molecular formula is C21H21N3O4S. The predicted molar refractivity (Wildman–Crippen MR) is 114 cm³/mol. The van der Waals surface area contributed by atoms with E-state index in [4.69, 9.17) is 0 Å². The minimum absolute atomic E-state index is 0.0713. The molecule has 3 rings (SSSR count). The molecule has 2 N–H and O–H groups in total. The van der Waals surface area contributed by atoms with Crippen molar-refractivity contribution in [3.63, 3.8) is 0 Å². The van der Waals surface area contributed by atoms with Crippen LogP contribution < -0.4 is 15.5 Å². The van der Waals surface area contributed by atoms with Crippen LogP contribution in [0.2, 0.25) is 0 Å². The molecule has 8 heteroatoms. The third kappa shape index (κ3) is 5.17. The largest absolute Gasteiger partial charge is 0.469 e. The van der Waals surface area contributed by atoms with Gasteiger partial charge in [-0.3, -0.25) is 19.3 Å². The van der Waals surface area contributed by atoms with E-state index in [9.17, 15) is 14.4 Å². The first kappa shape index (κ1) is 20.5. The molecule has 0 unspecified atom stereocenters. The average Bonchev–Trinajstić information content (AvgIpc) is 2.84. The molecule has 0 radical (unpaired) electrons. The number of amides is 2. The van der Waals surface area contributed by atoms with Crippen molar-refractivity contribution in [3.05, 3.63) is 60.3 Å². The van der Waals surface area contributed by atoms with Gasteiger partial charge in [0.25, 0.3) is 5.91 Å². The zero-order chi connectivity index (χ0) is 20.8. The summed E-state index contributed by atoms with van der Waals surface area (Å²) in [4.78, 5) is 39.5. The Morgan fingerprint density at radius 2 is 1.97 bits per heavy atom. The number of carbonyl (C=O) groups excluding carboxylic acids is 3. The lowest BCUT2D eigenvalue weighted by Crippen LogP contribution is -2.37. The number of esters is 1. The number of nitrogens with one attached hydrogen (secondary N) is 2. The molecule has 0 saturated heterocycles. The van der Waals surface area contributed by atoms with Gasteiger partial charge in [0.15, 0.2) is 0 Å². The van der Waals surface area contributed by atoms with Gasteiger partial charge in [-0.2, -0.15) is 0 Å². The van der Waals surface area contributed by atoms with E-state index >= 15 is 0 Å². The Bertz CT molecular complexity index is 974. The van der Waals surface area contributed by atoms with E-state index in [1.54, 1.807) is 36.0 Å². The van der Waals surface area contributed by atoms with E-state index in [1.165, 1.54) is 18.1 Å². The standard InChI is InChI=1S/C21H21N3O4S/c1-28-21(27)12-15-11-20(26)24(18-9-4-3-8-17(18)22-15)13-19(25)23-14-6-5-7-16(10-14)29-2/h3-11,22H,12-13H2,1-2H3,(H,23,25). The maximum atomic E-state index is 12.8. The number of carbonyl (C=O) groups is 3. The fourth-order valence-electron chi connectivity index (χ4n) is 2.90. The topological polar surface area (TPSA) is 87.7 Å². The molecule has 2 aromatic rings. The second kappa shape index (κ2) is 9.29. The minimum Gasteiger partial charge on any atom is -0.469 e. The second-order valence-electron chi connectivity index (χ2n) is 6.27. The van der Waals surface area contributed by atoms with E-state index in [0.29, 0.717) is 22.8 Å². The van der Waals surface area contributed by atoms with Gasteiger partial charge in [-0.1, -0.05) is 18.2 Å². The first-order valence-electron chi connectivity index (χ1n) is 8.89. The Kier molecular flexibility index (Phi) is 6.56. The predicted octanol–water partition coefficient (Wildman–Crippen LogP) is 3.25. The second-order valence-corrected chi connectivity index (χ2v) is 7.15. The van der Waals surface area contributed by atoms with Crippen LogP contribution in [0.3, 0.4) is 0 Å². The summed E-state index contributed by atoms with van der Waals surface area (Å²) in [5.41, 5.74) is 2.26. The van der Waals surface area contributed by atoms with Crippen LogP contribution in [0.5, 0.6) is 0 Å². The maximum Gasteiger partial charge on any atom is 0.311 e. The molecular weight excluding hydrogens is 390 g/mol. The van der Waals surface area contributed by atoms with E-state index in [1.807, 2.05) is 30.5 Å². The number of rotatable bonds is 6. The van der Waals surface area contributed by atoms with E-state index < -0.39 is 11.9 Å². The maximum absolute atomic E-state index is 12.8. The molecule has 2 amide bonds. The number of para-hydroxylation sites is 2. The average molecular weight is 411 g/mol. The normalized spacial score (nSPS) is 13.0. The number of fused-ring (bicyclic) bond motifs is 1. The van der Waals surface area contributed by atoms with E-state index in [0.717, 1.165) is 4.90 Å². The Morgan fingerprint density at radius 3 is 2.72 bits per heavy atom. The Morgan fingerprint density at radius 1 is 1.17 bits per heavy atom. The number of thioether (sulfide) groups is 1. The number of nitrogens with zero attached hydrogens (tertiary/aromatic N) is 1. The quantitative estimate of drug-likeness (QED) is 0.560. The highest BCUT2D eigenvalue weighted by Crippen LogP contribution is 2.30. The first-order chi connectivity index (χ1) is 14.0. The molecule has 0 fully saturated rings. The van der Waals surface area contributed by atoms with Crippen LogP contribution in [0.25, 0.3) is 0 Å². The van der Waals surface area contributed by atoms with Gasteiger partial charge in [0, 0.05) is 22.4 Å². The summed E-state index contributed by atoms with van der Waals surface area (Å²) in [6.07, 6.45) is 3.20. The van der Waals surface area contributed by atoms with Crippen LogP contribution in [0.15, 0.2) is 65.2 Å². The number of ether oxygens (including phenoxy) is 1. The molecule has 0 aliphatic carbocycles. The summed E-state index contributed by atoms with van der Waals surface area (Å²) in [6.45, 7) is -0.164. The van der Waals surface area contributed by atoms with Crippen molar-refractivity contribution < 1.29 is 19.1 Å². The minimum atomic E-state index is -0.464. The summed E-state index contributed by atoms with van der Waals surface area (Å²) in [5, 5.41) is 5.91. The van der Waals surface area contributed by atoms with Crippen molar-refractivity contribution in [1.29, 1.82) is 0 Å². The molecule has 1 aliphatic rings. The fourth-order valence-corrected chi connectivity index (χ4v) is 3.36. The van der Waals surface area contributed by atoms with Gasteiger partial charge in [-0.15, -0.1) is 11.8 Å². The van der Waals surface area contributed by atoms with Crippen LogP contribution in [0.1, 0.15) is 6.42 Å². The lowest BCUT2D eigenvalue weighted by molar-refractivity contribution is -0.139. The van der Waals surface area contributed by atoms with Gasteiger partial charge in [-0.05, 0) is 36.6 Å². The molecule has 0 spiro atoms. The summed E-state index contributed by atoms with van der Waals surface area (Å²) in [5.74, 6) is -1.18. The van der Waals surface area contributed by atoms with Crippen molar-refractivity contribution in [1.82, 2.24) is 0 Å². The SMILES string of the molecule is COC(=O)CC1=CC(=O)N(CC(=O)Nc2cccc(SC)c2)c2ccccc2N1. The molecule has 29 heavy (non-hydrogen) atoms. The zero-order valence-corrected chi connectivity index (χ0v) is 16.9. The molecule has 1 aliphatic heterocycles. The third-order valence-corrected chi connectivity index (χ3v) is 5.00. The fraction of sp³-hybridized carbons (Fsp3) is 0.190. The first-order valence-corrected chi connectivity index (χ1v) is 10.1. The van der Waals surface area contributed by atoms with Crippen molar-refractivity contribution in [3.8, 4) is 0 Å². The molecule has 0 bridgehead atoms. The number of hydrogen-bond acceptors (Lipinski definition) is 6. The highest BCUT2D eigenvalue weighted by atomic mass is 32.2. The van der Waals surface area contributed by atoms with Gasteiger partial charge in [0.05, 0.1) is 24.9 Å². The van der Waals surface area contributed by atoms with Gasteiger partial charge >= 0.3 is 5.97 Å². The number of benzene rings is 2. The van der Waals surface area contributed by atoms with Crippen LogP contribution in [-0.2, 0) is 19.1 Å². The summed E-state index contributed by atoms with van der Waals surface area (Å²) in [6, 6.07) is 14.6. The van der Waals surface area contributed by atoms with Gasteiger partial charge < -0.3 is 15.4 Å². The lowest BCUT2D eigenvalue weighted by atomic mass is 10.2. The number of methoxy groups -OCH3 is 1. The molecule has 0 atom stereocenters. The molecule has 0 saturated carbocycles. The Hall–Kier alpha value is -3.26. The summed E-state index contributed by atoms with van der Waals surface area (Å²) in [7, 11) is 1.29. The van der Waals surface area contributed by atoms with Gasteiger partial charge in [0.2, 0.25) is 5.91 Å². The van der Waals surface area contributed by atoms with Crippen molar-refractivity contribution in [2.75, 3.05) is 35.4 Å². The Balaban J connectivity index is 1.82. The van der Waals surface area contributed by atoms with Crippen LogP contribution >= 0.6 is 11.8 Å². The third-order valence-electron chi connectivity index (χ3n) is 4.27. The van der Waals surface area contributed by atoms with Gasteiger partial charge in [0.1, 0.15) is 6.54 Å². The molecule has 1 heterocycles. The van der Waals surface area contributed by atoms with E-state index in [-0.39, 0.29) is 18.9 Å². The lowest BCUT2D eigenvalue weighted by Gasteiger charge is -2.21. The molecule has 0 aromatic heterocycles. The van der Waals surface area contributed by atoms with Crippen molar-refractivity contribution in [2.45, 2.75) is 11.3 Å². The zero-order valence-electron chi connectivity index (χ0n) is 16.1. The molecule has 7 nitrogen and oxygen atoms in total. The van der Waals surface area contributed by atoms with Crippen molar-refractivity contribution >= 4 is 46.6 Å². The highest BCUT2D eigenvalue weighted by molar-refractivity contribution is 7.98. The van der Waals surface area contributed by atoms with E-state index in [2.05, 4.69) is 15.4 Å². The monoisotopic (exact) mass is 411 g/mol. The highest BCUT2D eigenvalue weighted by Gasteiger charge is 2.25. The number of hydrogen-bond donors (Lipinski definition) is 2. The Labute approximate surface area is 173 Å². The number of anilines is 3. The van der Waals surface area contributed by atoms with Crippen LogP contribution in [-0.4, -0.2) is 37.7 Å². The smallest absolute Gasteiger partial charge is 0.311 e. The van der Waals surface area contributed by atoms with Crippen LogP contribution in [0.4, 0.5) is 17.1 Å². The molecule has 150 valence electrons. The van der Waals surface area contributed by atoms with Crippen molar-refractivity contribution in [2.24, 2.45) is 0 Å².